The van der Waals surface area contributed by atoms with Crippen molar-refractivity contribution in [2.24, 2.45) is 0 Å². The predicted octanol–water partition coefficient (Wildman–Crippen LogP) is 0.195. The van der Waals surface area contributed by atoms with Crippen molar-refractivity contribution in [3.05, 3.63) is 27.9 Å². The molecule has 5 nitrogen and oxygen atoms in total. The molecule has 1 heterocycles. The Labute approximate surface area is 79.8 Å². The standard InChI is InChI=1S/C9H10N2O3/c1-5-10-6(4-7(12)11-5)9(2-3-9)8(13)14/h4H,2-3H2,1H3,(H,13,14)(H,10,11,12). The second-order valence-electron chi connectivity index (χ2n) is 3.60. The number of aryl methyl sites for hydroxylation is 1. The molecule has 14 heavy (non-hydrogen) atoms. The zero-order chi connectivity index (χ0) is 10.3. The third-order valence-electron chi connectivity index (χ3n) is 2.51. The summed E-state index contributed by atoms with van der Waals surface area (Å²) in [5.41, 5.74) is -0.801. The molecule has 1 aromatic heterocycles. The molecule has 74 valence electrons. The van der Waals surface area contributed by atoms with E-state index in [9.17, 15) is 9.59 Å². The Hall–Kier alpha value is -1.65. The van der Waals surface area contributed by atoms with Gasteiger partial charge in [0.05, 0.1) is 5.69 Å². The molecule has 0 aliphatic heterocycles. The van der Waals surface area contributed by atoms with E-state index in [2.05, 4.69) is 9.97 Å². The number of hydrogen-bond acceptors (Lipinski definition) is 3. The second-order valence-corrected chi connectivity index (χ2v) is 3.60. The summed E-state index contributed by atoms with van der Waals surface area (Å²) in [5.74, 6) is -0.435. The zero-order valence-corrected chi connectivity index (χ0v) is 7.70. The van der Waals surface area contributed by atoms with Crippen molar-refractivity contribution in [2.75, 3.05) is 0 Å². The van der Waals surface area contributed by atoms with Crippen molar-refractivity contribution >= 4 is 5.97 Å². The van der Waals surface area contributed by atoms with Crippen LogP contribution in [0.4, 0.5) is 0 Å². The molecule has 1 aliphatic carbocycles. The number of carboxylic acids is 1. The summed E-state index contributed by atoms with van der Waals surface area (Å²) in [7, 11) is 0. The molecule has 5 heteroatoms. The molecule has 0 saturated heterocycles. The maximum atomic E-state index is 11.1. The van der Waals surface area contributed by atoms with Gasteiger partial charge in [-0.05, 0) is 19.8 Å². The lowest BCUT2D eigenvalue weighted by Gasteiger charge is -2.08. The van der Waals surface area contributed by atoms with Crippen molar-refractivity contribution in [3.8, 4) is 0 Å². The third-order valence-corrected chi connectivity index (χ3v) is 2.51. The summed E-state index contributed by atoms with van der Waals surface area (Å²) in [6, 6.07) is 1.27. The molecule has 1 aliphatic rings. The SMILES string of the molecule is Cc1nc(C2(C(=O)O)CC2)cc(=O)[nH]1. The van der Waals surface area contributed by atoms with E-state index in [1.165, 1.54) is 6.07 Å². The van der Waals surface area contributed by atoms with E-state index in [0.717, 1.165) is 0 Å². The van der Waals surface area contributed by atoms with Gasteiger partial charge in [-0.3, -0.25) is 9.59 Å². The van der Waals surface area contributed by atoms with E-state index in [4.69, 9.17) is 5.11 Å². The monoisotopic (exact) mass is 194 g/mol. The second kappa shape index (κ2) is 2.67. The minimum absolute atomic E-state index is 0.292. The lowest BCUT2D eigenvalue weighted by molar-refractivity contribution is -0.140. The van der Waals surface area contributed by atoms with Gasteiger partial charge in [-0.25, -0.2) is 4.98 Å². The van der Waals surface area contributed by atoms with Gasteiger partial charge in [0.2, 0.25) is 0 Å². The van der Waals surface area contributed by atoms with Crippen molar-refractivity contribution in [1.82, 2.24) is 9.97 Å². The van der Waals surface area contributed by atoms with Gasteiger partial charge in [0, 0.05) is 6.07 Å². The van der Waals surface area contributed by atoms with Crippen LogP contribution in [0.2, 0.25) is 0 Å². The summed E-state index contributed by atoms with van der Waals surface area (Å²) in [6.45, 7) is 1.64. The van der Waals surface area contributed by atoms with Crippen molar-refractivity contribution in [3.63, 3.8) is 0 Å². The van der Waals surface area contributed by atoms with Gasteiger partial charge in [-0.15, -0.1) is 0 Å². The summed E-state index contributed by atoms with van der Waals surface area (Å²) >= 11 is 0. The highest BCUT2D eigenvalue weighted by Gasteiger charge is 2.53. The Morgan fingerprint density at radius 1 is 1.64 bits per heavy atom. The summed E-state index contributed by atoms with van der Waals surface area (Å²) in [4.78, 5) is 28.6. The normalized spacial score (nSPS) is 17.8. The highest BCUT2D eigenvalue weighted by Crippen LogP contribution is 2.47. The molecular weight excluding hydrogens is 184 g/mol. The van der Waals surface area contributed by atoms with Crippen LogP contribution < -0.4 is 5.56 Å². The number of nitrogens with zero attached hydrogens (tertiary/aromatic N) is 1. The first kappa shape index (κ1) is 8.93. The Morgan fingerprint density at radius 2 is 2.29 bits per heavy atom. The van der Waals surface area contributed by atoms with Crippen molar-refractivity contribution < 1.29 is 9.90 Å². The summed E-state index contributed by atoms with van der Waals surface area (Å²) in [5, 5.41) is 8.99. The minimum atomic E-state index is -0.894. The lowest BCUT2D eigenvalue weighted by Crippen LogP contribution is -2.24. The first-order valence-corrected chi connectivity index (χ1v) is 4.36. The van der Waals surface area contributed by atoms with Crippen LogP contribution in [-0.2, 0) is 10.2 Å². The molecule has 1 saturated carbocycles. The number of rotatable bonds is 2. The molecule has 0 radical (unpaired) electrons. The largest absolute Gasteiger partial charge is 0.481 e. The van der Waals surface area contributed by atoms with Gasteiger partial charge in [0.25, 0.3) is 5.56 Å². The number of aliphatic carboxylic acids is 1. The fourth-order valence-corrected chi connectivity index (χ4v) is 1.53. The number of aromatic nitrogens is 2. The van der Waals surface area contributed by atoms with E-state index in [1.54, 1.807) is 6.92 Å². The molecule has 0 aromatic carbocycles. The number of H-pyrrole nitrogens is 1. The first-order valence-electron chi connectivity index (χ1n) is 4.36. The first-order chi connectivity index (χ1) is 6.54. The topological polar surface area (TPSA) is 83.0 Å². The van der Waals surface area contributed by atoms with Crippen LogP contribution in [-0.4, -0.2) is 21.0 Å². The van der Waals surface area contributed by atoms with E-state index >= 15 is 0 Å². The van der Waals surface area contributed by atoms with Gasteiger partial charge in [0.15, 0.2) is 0 Å². The molecule has 2 N–H and O–H groups in total. The van der Waals surface area contributed by atoms with Crippen molar-refractivity contribution in [2.45, 2.75) is 25.2 Å². The molecule has 0 amide bonds. The van der Waals surface area contributed by atoms with Crippen LogP contribution in [0.5, 0.6) is 0 Å². The van der Waals surface area contributed by atoms with Crippen LogP contribution >= 0.6 is 0 Å². The van der Waals surface area contributed by atoms with Crippen LogP contribution in [0.25, 0.3) is 0 Å². The molecule has 0 atom stereocenters. The van der Waals surface area contributed by atoms with Crippen LogP contribution in [0.15, 0.2) is 10.9 Å². The van der Waals surface area contributed by atoms with E-state index < -0.39 is 11.4 Å². The number of aromatic amines is 1. The molecule has 1 fully saturated rings. The highest BCUT2D eigenvalue weighted by atomic mass is 16.4. The fraction of sp³-hybridized carbons (Fsp3) is 0.444. The molecule has 0 unspecified atom stereocenters. The van der Waals surface area contributed by atoms with Gasteiger partial charge >= 0.3 is 5.97 Å². The van der Waals surface area contributed by atoms with Crippen LogP contribution in [0, 0.1) is 6.92 Å². The Bertz CT molecular complexity index is 446. The third kappa shape index (κ3) is 1.21. The average molecular weight is 194 g/mol. The van der Waals surface area contributed by atoms with E-state index in [1.807, 2.05) is 0 Å². The van der Waals surface area contributed by atoms with Crippen LogP contribution in [0.3, 0.4) is 0 Å². The number of nitrogens with one attached hydrogen (secondary N) is 1. The fourth-order valence-electron chi connectivity index (χ4n) is 1.53. The molecule has 0 spiro atoms. The maximum Gasteiger partial charge on any atom is 0.315 e. The lowest BCUT2D eigenvalue weighted by atomic mass is 10.0. The Morgan fingerprint density at radius 3 is 2.71 bits per heavy atom. The predicted molar refractivity (Wildman–Crippen MR) is 48.1 cm³/mol. The number of hydrogen-bond donors (Lipinski definition) is 2. The molecule has 1 aromatic rings. The van der Waals surface area contributed by atoms with E-state index in [-0.39, 0.29) is 5.56 Å². The highest BCUT2D eigenvalue weighted by molar-refractivity contribution is 5.84. The smallest absolute Gasteiger partial charge is 0.315 e. The van der Waals surface area contributed by atoms with Crippen LogP contribution in [0.1, 0.15) is 24.4 Å². The quantitative estimate of drug-likeness (QED) is 0.704. The molecular formula is C9H10N2O3. The Balaban J connectivity index is 2.52. The number of carbonyl (C=O) groups is 1. The van der Waals surface area contributed by atoms with Gasteiger partial charge in [-0.2, -0.15) is 0 Å². The summed E-state index contributed by atoms with van der Waals surface area (Å²) < 4.78 is 0. The minimum Gasteiger partial charge on any atom is -0.481 e. The summed E-state index contributed by atoms with van der Waals surface area (Å²) in [6.07, 6.45) is 1.14. The zero-order valence-electron chi connectivity index (χ0n) is 7.70. The van der Waals surface area contributed by atoms with Gasteiger partial charge in [0.1, 0.15) is 11.2 Å². The van der Waals surface area contributed by atoms with Crippen molar-refractivity contribution in [1.29, 1.82) is 0 Å². The Kier molecular flexibility index (Phi) is 1.70. The average Bonchev–Trinajstić information content (AvgIpc) is 2.81. The number of carboxylic acid groups (broad SMARTS) is 1. The molecule has 0 bridgehead atoms. The van der Waals surface area contributed by atoms with Gasteiger partial charge in [-0.1, -0.05) is 0 Å². The van der Waals surface area contributed by atoms with Gasteiger partial charge < -0.3 is 10.1 Å². The molecule has 2 rings (SSSR count). The maximum absolute atomic E-state index is 11.1. The van der Waals surface area contributed by atoms with E-state index in [0.29, 0.717) is 24.4 Å².